The van der Waals surface area contributed by atoms with E-state index >= 15 is 0 Å². The Hall–Kier alpha value is -0.840. The molecule has 2 nitrogen and oxygen atoms in total. The second kappa shape index (κ2) is 7.97. The summed E-state index contributed by atoms with van der Waals surface area (Å²) in [6.45, 7) is 2.95. The number of hydrogen-bond donors (Lipinski definition) is 1. The van der Waals surface area contributed by atoms with Crippen LogP contribution in [0.4, 0.5) is 0 Å². The van der Waals surface area contributed by atoms with E-state index < -0.39 is 0 Å². The zero-order chi connectivity index (χ0) is 15.2. The van der Waals surface area contributed by atoms with E-state index in [0.717, 1.165) is 33.2 Å². The van der Waals surface area contributed by atoms with Crippen molar-refractivity contribution < 1.29 is 4.74 Å². The molecule has 4 heteroatoms. The van der Waals surface area contributed by atoms with Gasteiger partial charge in [0.05, 0.1) is 11.6 Å². The van der Waals surface area contributed by atoms with Crippen molar-refractivity contribution in [3.8, 4) is 5.75 Å². The molecule has 0 aromatic heterocycles. The van der Waals surface area contributed by atoms with Gasteiger partial charge in [-0.15, -0.1) is 0 Å². The van der Waals surface area contributed by atoms with Crippen molar-refractivity contribution in [2.45, 2.75) is 25.9 Å². The summed E-state index contributed by atoms with van der Waals surface area (Å²) in [6, 6.07) is 15.0. The van der Waals surface area contributed by atoms with Crippen molar-refractivity contribution in [1.82, 2.24) is 5.32 Å². The molecule has 0 aliphatic rings. The third-order valence-corrected chi connectivity index (χ3v) is 4.49. The fourth-order valence-corrected chi connectivity index (χ4v) is 3.87. The van der Waals surface area contributed by atoms with E-state index in [1.807, 2.05) is 12.1 Å². The van der Waals surface area contributed by atoms with E-state index in [0.29, 0.717) is 6.04 Å². The fraction of sp³-hybridized carbons (Fsp3) is 0.294. The zero-order valence-corrected chi connectivity index (χ0v) is 15.4. The maximum absolute atomic E-state index is 5.50. The van der Waals surface area contributed by atoms with Gasteiger partial charge in [-0.3, -0.25) is 0 Å². The van der Waals surface area contributed by atoms with Gasteiger partial charge in [-0.25, -0.2) is 0 Å². The molecule has 0 fully saturated rings. The Morgan fingerprint density at radius 2 is 1.86 bits per heavy atom. The molecular weight excluding hydrogens is 394 g/mol. The molecule has 21 heavy (non-hydrogen) atoms. The quantitative estimate of drug-likeness (QED) is 0.679. The van der Waals surface area contributed by atoms with Gasteiger partial charge in [-0.2, -0.15) is 0 Å². The maximum Gasteiger partial charge on any atom is 0.137 e. The Morgan fingerprint density at radius 1 is 1.14 bits per heavy atom. The van der Waals surface area contributed by atoms with Crippen LogP contribution in [0.5, 0.6) is 5.75 Å². The van der Waals surface area contributed by atoms with Crippen LogP contribution in [0.3, 0.4) is 0 Å². The minimum absolute atomic E-state index is 0.341. The Balaban J connectivity index is 2.15. The fourth-order valence-electron chi connectivity index (χ4n) is 2.39. The molecule has 0 saturated heterocycles. The van der Waals surface area contributed by atoms with Crippen molar-refractivity contribution in [2.75, 3.05) is 7.11 Å². The first-order valence-electron chi connectivity index (χ1n) is 6.96. The molecule has 112 valence electrons. The minimum Gasteiger partial charge on any atom is -0.495 e. The van der Waals surface area contributed by atoms with E-state index in [2.05, 4.69) is 74.4 Å². The van der Waals surface area contributed by atoms with Gasteiger partial charge < -0.3 is 10.1 Å². The molecule has 0 saturated carbocycles. The van der Waals surface area contributed by atoms with Gasteiger partial charge in [0.25, 0.3) is 0 Å². The van der Waals surface area contributed by atoms with Gasteiger partial charge in [0.2, 0.25) is 0 Å². The second-order valence-corrected chi connectivity index (χ2v) is 6.60. The predicted molar refractivity (Wildman–Crippen MR) is 94.7 cm³/mol. The zero-order valence-electron chi connectivity index (χ0n) is 12.2. The molecule has 2 rings (SSSR count). The molecule has 1 atom stereocenters. The van der Waals surface area contributed by atoms with Gasteiger partial charge >= 0.3 is 0 Å². The Bertz CT molecular complexity index is 587. The molecular formula is C17H19Br2NO. The average molecular weight is 413 g/mol. The third-order valence-electron chi connectivity index (χ3n) is 3.44. The molecule has 2 aromatic carbocycles. The molecule has 1 N–H and O–H groups in total. The standard InChI is InChI=1S/C17H19Br2NO/c1-3-16(12-7-5-4-6-8-12)20-11-13-9-14(18)10-15(19)17(13)21-2/h4-10,16,20H,3,11H2,1-2H3. The van der Waals surface area contributed by atoms with E-state index in [9.17, 15) is 0 Å². The topological polar surface area (TPSA) is 21.3 Å². The van der Waals surface area contributed by atoms with Crippen molar-refractivity contribution in [1.29, 1.82) is 0 Å². The number of nitrogens with one attached hydrogen (secondary N) is 1. The highest BCUT2D eigenvalue weighted by molar-refractivity contribution is 9.11. The highest BCUT2D eigenvalue weighted by Crippen LogP contribution is 2.33. The van der Waals surface area contributed by atoms with Crippen LogP contribution in [0.25, 0.3) is 0 Å². The van der Waals surface area contributed by atoms with Crippen LogP contribution >= 0.6 is 31.9 Å². The molecule has 2 aromatic rings. The van der Waals surface area contributed by atoms with Crippen LogP contribution in [0.15, 0.2) is 51.4 Å². The summed E-state index contributed by atoms with van der Waals surface area (Å²) in [4.78, 5) is 0. The number of ether oxygens (including phenoxy) is 1. The van der Waals surface area contributed by atoms with Gasteiger partial charge in [-0.1, -0.05) is 53.2 Å². The number of hydrogen-bond acceptors (Lipinski definition) is 2. The Kier molecular flexibility index (Phi) is 6.27. The smallest absolute Gasteiger partial charge is 0.137 e. The molecule has 0 aliphatic heterocycles. The number of rotatable bonds is 6. The van der Waals surface area contributed by atoms with Gasteiger partial charge in [0, 0.05) is 22.6 Å². The average Bonchev–Trinajstić information content (AvgIpc) is 2.48. The summed E-state index contributed by atoms with van der Waals surface area (Å²) >= 11 is 7.08. The van der Waals surface area contributed by atoms with Crippen LogP contribution < -0.4 is 10.1 Å². The number of benzene rings is 2. The summed E-state index contributed by atoms with van der Waals surface area (Å²) in [5.74, 6) is 0.883. The summed E-state index contributed by atoms with van der Waals surface area (Å²) in [7, 11) is 1.70. The van der Waals surface area contributed by atoms with Gasteiger partial charge in [0.15, 0.2) is 0 Å². The third kappa shape index (κ3) is 4.31. The normalized spacial score (nSPS) is 12.2. The van der Waals surface area contributed by atoms with E-state index in [1.165, 1.54) is 5.56 Å². The summed E-state index contributed by atoms with van der Waals surface area (Å²) in [5, 5.41) is 3.61. The van der Waals surface area contributed by atoms with Crippen molar-refractivity contribution >= 4 is 31.9 Å². The maximum atomic E-state index is 5.50. The monoisotopic (exact) mass is 411 g/mol. The largest absolute Gasteiger partial charge is 0.495 e. The second-order valence-electron chi connectivity index (χ2n) is 4.83. The van der Waals surface area contributed by atoms with Crippen LogP contribution in [-0.2, 0) is 6.54 Å². The van der Waals surface area contributed by atoms with E-state index in [1.54, 1.807) is 7.11 Å². The lowest BCUT2D eigenvalue weighted by Gasteiger charge is -2.19. The lowest BCUT2D eigenvalue weighted by Crippen LogP contribution is -2.20. The lowest BCUT2D eigenvalue weighted by molar-refractivity contribution is 0.402. The highest BCUT2D eigenvalue weighted by Gasteiger charge is 2.12. The molecule has 1 unspecified atom stereocenters. The molecule has 0 amide bonds. The van der Waals surface area contributed by atoms with E-state index in [4.69, 9.17) is 4.74 Å². The van der Waals surface area contributed by atoms with Crippen LogP contribution in [0.1, 0.15) is 30.5 Å². The lowest BCUT2D eigenvalue weighted by atomic mass is 10.0. The molecule has 0 heterocycles. The van der Waals surface area contributed by atoms with Crippen molar-refractivity contribution in [3.05, 3.63) is 62.5 Å². The predicted octanol–water partition coefficient (Wildman–Crippen LogP) is 5.46. The summed E-state index contributed by atoms with van der Waals surface area (Å²) in [5.41, 5.74) is 2.45. The first-order chi connectivity index (χ1) is 10.2. The SMILES string of the molecule is CCC(NCc1cc(Br)cc(Br)c1OC)c1ccccc1. The molecule has 0 spiro atoms. The minimum atomic E-state index is 0.341. The number of methoxy groups -OCH3 is 1. The number of halogens is 2. The highest BCUT2D eigenvalue weighted by atomic mass is 79.9. The first kappa shape index (κ1) is 16.5. The van der Waals surface area contributed by atoms with Crippen molar-refractivity contribution in [2.24, 2.45) is 0 Å². The van der Waals surface area contributed by atoms with E-state index in [-0.39, 0.29) is 0 Å². The van der Waals surface area contributed by atoms with Gasteiger partial charge in [-0.05, 0) is 40.0 Å². The van der Waals surface area contributed by atoms with Crippen LogP contribution in [-0.4, -0.2) is 7.11 Å². The first-order valence-corrected chi connectivity index (χ1v) is 8.54. The molecule has 0 bridgehead atoms. The Morgan fingerprint density at radius 3 is 2.48 bits per heavy atom. The van der Waals surface area contributed by atoms with Gasteiger partial charge in [0.1, 0.15) is 5.75 Å². The molecule has 0 aliphatic carbocycles. The summed E-state index contributed by atoms with van der Waals surface area (Å²) in [6.07, 6.45) is 1.04. The van der Waals surface area contributed by atoms with Crippen LogP contribution in [0, 0.1) is 0 Å². The Labute approximate surface area is 143 Å². The molecule has 0 radical (unpaired) electrons. The van der Waals surface area contributed by atoms with Crippen LogP contribution in [0.2, 0.25) is 0 Å². The van der Waals surface area contributed by atoms with Crippen molar-refractivity contribution in [3.63, 3.8) is 0 Å². The summed E-state index contributed by atoms with van der Waals surface area (Å²) < 4.78 is 7.50.